The number of hydrogen-bond donors (Lipinski definition) is 2. The Morgan fingerprint density at radius 3 is 0.953 bits per heavy atom. The van der Waals surface area contributed by atoms with Gasteiger partial charge in [0.15, 0.2) is 6.07 Å². The van der Waals surface area contributed by atoms with E-state index in [1.165, 1.54) is 136 Å². The van der Waals surface area contributed by atoms with Crippen molar-refractivity contribution in [1.82, 2.24) is 20.0 Å². The fraction of sp³-hybridized carbons (Fsp3) is 0.512. The van der Waals surface area contributed by atoms with Gasteiger partial charge in [-0.1, -0.05) is 75.7 Å². The number of carbonyl (C=O) groups is 12. The first-order chi connectivity index (χ1) is 60.0. The molecule has 0 fully saturated rings. The number of allylic oxidation sites excluding steroid dienone is 6. The number of methoxy groups -OCH3 is 3. The van der Waals surface area contributed by atoms with Crippen molar-refractivity contribution in [3.63, 3.8) is 0 Å². The van der Waals surface area contributed by atoms with E-state index in [2.05, 4.69) is 5.32 Å². The zero-order chi connectivity index (χ0) is 96.6. The first-order valence-corrected chi connectivity index (χ1v) is 40.7. The summed E-state index contributed by atoms with van der Waals surface area (Å²) < 4.78 is 78.1. The standard InChI is InChI=1S/C34H47N3O13.C29H39N3O11.C23H27ClN2O9.ClH/c1-19(2)16-25(35-32(41)50-34(7,8)9)29(38)47-18-48-33(42)36-21(5)26(30(39)46-15-14-45-10)28(23-12-11-13-24(17-23)37(43)44)27(22(36)6)31(40)49-20(3)4;1-16(2)13-22(30)26(33)41-15-42-29(36)31-18(5)23(27(34)40-12-11-39-7)25(20-9-8-10-21(14-20)32(37)38)24(19(31)6)28(35)43-17(3)4;1-13(2)35-22(28)19-15(4)25(23(29)34-12-24)14(3)18(21(27)33-10-9-32-5)20(19)16-7-6-8-17(11-16)26(30)31;/h11-13,17,19-20,25,28H,14-16,18H2,1-10H3,(H,35,41);8-10,14,16-17,22,25H,11-13,15,30H2,1-7H3;6-8,11,13,20H,9-10,12H2,1-5H3;1H/t25-,28?;22-,25?;;/m00../s1. The van der Waals surface area contributed by atoms with Gasteiger partial charge in [-0.3, -0.25) is 49.8 Å². The molecule has 0 bridgehead atoms. The van der Waals surface area contributed by atoms with Crippen LogP contribution < -0.4 is 11.1 Å². The lowest BCUT2D eigenvalue weighted by atomic mass is 9.79. The van der Waals surface area contributed by atoms with E-state index in [-0.39, 0.29) is 172 Å². The molecule has 3 N–H and O–H groups in total. The van der Waals surface area contributed by atoms with Gasteiger partial charge in [-0.25, -0.2) is 52.7 Å². The molecule has 3 aliphatic rings. The number of nitro benzene ring substituents is 3. The summed E-state index contributed by atoms with van der Waals surface area (Å²) in [4.78, 5) is 194. The average molecular weight is 1860 g/mol. The zero-order valence-corrected chi connectivity index (χ0v) is 77.6. The van der Waals surface area contributed by atoms with Crippen molar-refractivity contribution in [3.8, 4) is 0 Å². The molecule has 0 aromatic heterocycles. The number of rotatable bonds is 36. The van der Waals surface area contributed by atoms with Crippen LogP contribution in [0.4, 0.5) is 36.2 Å². The van der Waals surface area contributed by atoms with Gasteiger partial charge in [-0.05, 0) is 145 Å². The Balaban J connectivity index is 0.000000504. The van der Waals surface area contributed by atoms with Gasteiger partial charge < -0.3 is 82.1 Å². The van der Waals surface area contributed by atoms with Crippen LogP contribution in [0.3, 0.4) is 0 Å². The fourth-order valence-corrected chi connectivity index (χ4v) is 13.3. The molecule has 0 saturated heterocycles. The minimum absolute atomic E-state index is 0. The molecule has 6 rings (SSSR count). The molecule has 3 heterocycles. The SMILES string of the molecule is COCCOC(=O)C1=C(C)N(C(=O)OCCl)C(C)=C(C(=O)OC(C)C)C1c1cccc([N+](=O)[O-])c1.COCCOC(=O)C1=C(C)N(C(=O)OCOC(=O)[C@@H](N)CC(C)C)C(C)=C(C(=O)OC(C)C)C1c1cccc([N+](=O)[O-])c1.COCCOC(=O)C1=C(C)N(C(=O)OCOC(=O)[C@H](CC(C)C)NC(=O)OC(C)(C)C)C(C)=C(C(=O)OC(C)C)C1c1cccc([N+](=O)[O-])c1.Cl. The van der Waals surface area contributed by atoms with Crippen LogP contribution in [0.5, 0.6) is 0 Å². The minimum Gasteiger partial charge on any atom is -0.460 e. The number of benzene rings is 3. The molecule has 3 unspecified atom stereocenters. The van der Waals surface area contributed by atoms with Gasteiger partial charge in [0.1, 0.15) is 37.5 Å². The molecule has 3 aromatic rings. The van der Waals surface area contributed by atoms with Gasteiger partial charge in [-0.2, -0.15) is 0 Å². The third-order valence-corrected chi connectivity index (χ3v) is 18.5. The average Bonchev–Trinajstić information content (AvgIpc) is 0.753. The number of alkyl carbamates (subject to hydrolysis) is 1. The number of halogens is 2. The van der Waals surface area contributed by atoms with Crippen LogP contribution in [0, 0.1) is 42.2 Å². The predicted octanol–water partition coefficient (Wildman–Crippen LogP) is 13.4. The predicted molar refractivity (Wildman–Crippen MR) is 461 cm³/mol. The molecule has 0 radical (unpaired) electrons. The van der Waals surface area contributed by atoms with E-state index in [1.54, 1.807) is 62.3 Å². The highest BCUT2D eigenvalue weighted by atomic mass is 35.5. The van der Waals surface area contributed by atoms with Gasteiger partial charge in [0, 0.05) is 91.9 Å². The molecule has 0 aliphatic carbocycles. The number of nitrogens with two attached hydrogens (primary N) is 1. The quantitative estimate of drug-likeness (QED) is 0.0104. The van der Waals surface area contributed by atoms with E-state index in [0.717, 1.165) is 14.7 Å². The lowest BCUT2D eigenvalue weighted by Crippen LogP contribution is -2.45. The Bertz CT molecular complexity index is 4790. The maximum absolute atomic E-state index is 13.7. The number of ether oxygens (including phenoxy) is 15. The summed E-state index contributed by atoms with van der Waals surface area (Å²) in [5.74, 6) is -10.5. The van der Waals surface area contributed by atoms with Crippen LogP contribution in [-0.2, 0) is 109 Å². The lowest BCUT2D eigenvalue weighted by molar-refractivity contribution is -0.385. The molecule has 710 valence electrons. The van der Waals surface area contributed by atoms with Gasteiger partial charge in [0.25, 0.3) is 17.1 Å². The third kappa shape index (κ3) is 31.8. The Morgan fingerprint density at radius 2 is 0.698 bits per heavy atom. The van der Waals surface area contributed by atoms with Crippen molar-refractivity contribution in [1.29, 1.82) is 0 Å². The van der Waals surface area contributed by atoms with Crippen LogP contribution in [0.25, 0.3) is 0 Å². The van der Waals surface area contributed by atoms with Crippen LogP contribution >= 0.6 is 24.0 Å². The second kappa shape index (κ2) is 52.1. The van der Waals surface area contributed by atoms with E-state index in [9.17, 15) is 87.9 Å². The van der Waals surface area contributed by atoms with Crippen LogP contribution in [0.2, 0.25) is 0 Å². The molecular formula is C86H114Cl2N8O33. The number of alkyl halides is 1. The van der Waals surface area contributed by atoms with Crippen molar-refractivity contribution >= 4 is 113 Å². The van der Waals surface area contributed by atoms with Crippen molar-refractivity contribution in [3.05, 3.63) is 187 Å². The molecule has 0 saturated carbocycles. The van der Waals surface area contributed by atoms with Crippen LogP contribution in [-0.4, -0.2) is 218 Å². The summed E-state index contributed by atoms with van der Waals surface area (Å²) in [6.45, 7) is 28.9. The number of nitrogens with zero attached hydrogens (tertiary/aromatic N) is 6. The number of nitro groups is 3. The number of nitrogens with one attached hydrogen (secondary N) is 1. The van der Waals surface area contributed by atoms with E-state index < -0.39 is 160 Å². The maximum Gasteiger partial charge on any atom is 0.421 e. The Kier molecular flexibility index (Phi) is 44.8. The van der Waals surface area contributed by atoms with Crippen molar-refractivity contribution < 1.29 is 143 Å². The zero-order valence-electron chi connectivity index (χ0n) is 76.0. The summed E-state index contributed by atoms with van der Waals surface area (Å²) in [5, 5.41) is 37.1. The number of esters is 8. The molecule has 3 aliphatic heterocycles. The highest BCUT2D eigenvalue weighted by molar-refractivity contribution is 6.17. The van der Waals surface area contributed by atoms with E-state index in [4.69, 9.17) is 88.4 Å². The second-order valence-corrected chi connectivity index (χ2v) is 31.4. The molecule has 41 nitrogen and oxygen atoms in total. The maximum atomic E-state index is 13.7. The van der Waals surface area contributed by atoms with E-state index in [0.29, 0.717) is 6.42 Å². The first-order valence-electron chi connectivity index (χ1n) is 40.2. The van der Waals surface area contributed by atoms with Gasteiger partial charge in [-0.15, -0.1) is 12.4 Å². The monoisotopic (exact) mass is 1860 g/mol. The summed E-state index contributed by atoms with van der Waals surface area (Å²) in [5.41, 5.74) is 4.21. The number of amides is 4. The van der Waals surface area contributed by atoms with Gasteiger partial charge in [0.05, 0.1) is 104 Å². The van der Waals surface area contributed by atoms with E-state index >= 15 is 0 Å². The van der Waals surface area contributed by atoms with Gasteiger partial charge in [0.2, 0.25) is 13.6 Å². The van der Waals surface area contributed by atoms with Crippen molar-refractivity contribution in [2.24, 2.45) is 17.6 Å². The highest BCUT2D eigenvalue weighted by Crippen LogP contribution is 2.48. The van der Waals surface area contributed by atoms with Gasteiger partial charge >= 0.3 is 72.1 Å². The number of non-ortho nitro benzene ring substituents is 3. The third-order valence-electron chi connectivity index (χ3n) is 18.4. The molecule has 5 atom stereocenters. The second-order valence-electron chi connectivity index (χ2n) is 31.2. The summed E-state index contributed by atoms with van der Waals surface area (Å²) in [6.07, 6.45) is -5.16. The summed E-state index contributed by atoms with van der Waals surface area (Å²) in [6, 6.07) is 13.8. The van der Waals surface area contributed by atoms with Crippen LogP contribution in [0.1, 0.15) is 179 Å². The normalized spacial score (nSPS) is 15.6. The molecule has 129 heavy (non-hydrogen) atoms. The molecule has 4 amide bonds. The van der Waals surface area contributed by atoms with E-state index in [1.807, 2.05) is 27.7 Å². The van der Waals surface area contributed by atoms with Crippen LogP contribution in [0.15, 0.2) is 140 Å². The Morgan fingerprint density at radius 1 is 0.419 bits per heavy atom. The molecular weight excluding hydrogens is 1740 g/mol. The number of hydrogen-bond acceptors (Lipinski definition) is 34. The summed E-state index contributed by atoms with van der Waals surface area (Å²) in [7, 11) is 4.25. The largest absolute Gasteiger partial charge is 0.460 e. The highest BCUT2D eigenvalue weighted by Gasteiger charge is 2.48. The Labute approximate surface area is 756 Å². The topological polar surface area (TPSA) is 520 Å². The molecule has 3 aromatic carbocycles. The summed E-state index contributed by atoms with van der Waals surface area (Å²) >= 11 is 5.57. The van der Waals surface area contributed by atoms with Crippen molar-refractivity contribution in [2.75, 3.05) is 80.6 Å². The van der Waals surface area contributed by atoms with Crippen molar-refractivity contribution in [2.45, 2.75) is 198 Å². The minimum atomic E-state index is -1.26. The molecule has 43 heteroatoms. The Hall–Kier alpha value is -12.4. The smallest absolute Gasteiger partial charge is 0.421 e. The lowest BCUT2D eigenvalue weighted by Gasteiger charge is -2.36. The number of carbonyl (C=O) groups excluding carboxylic acids is 12. The first kappa shape index (κ1) is 111. The fourth-order valence-electron chi connectivity index (χ4n) is 13.2. The molecule has 0 spiro atoms.